The molecule has 1 aromatic heterocycles. The van der Waals surface area contributed by atoms with Crippen LogP contribution in [0.25, 0.3) is 11.0 Å². The maximum Gasteiger partial charge on any atom is 0.260 e. The minimum atomic E-state index is -1.83. The summed E-state index contributed by atoms with van der Waals surface area (Å²) in [5.74, 6) is -1.46. The van der Waals surface area contributed by atoms with Gasteiger partial charge in [0.05, 0.1) is 30.8 Å². The van der Waals surface area contributed by atoms with Crippen molar-refractivity contribution in [2.45, 2.75) is 33.0 Å². The first-order valence-electron chi connectivity index (χ1n) is 11.9. The molecule has 2 unspecified atom stereocenters. The first kappa shape index (κ1) is 29.7. The Kier molecular flexibility index (Phi) is 11.1. The van der Waals surface area contributed by atoms with Crippen molar-refractivity contribution in [3.05, 3.63) is 54.3 Å². The van der Waals surface area contributed by atoms with Crippen LogP contribution >= 0.6 is 0 Å². The number of aliphatic hydroxyl groups excluding tert-OH is 1. The highest BCUT2D eigenvalue weighted by atomic mass is 16.5. The summed E-state index contributed by atoms with van der Waals surface area (Å²) < 4.78 is 15.5. The molecule has 2 heterocycles. The van der Waals surface area contributed by atoms with E-state index in [1.807, 2.05) is 13.8 Å². The minimum absolute atomic E-state index is 0.00920. The van der Waals surface area contributed by atoms with Crippen LogP contribution in [0.5, 0.6) is 0 Å². The molecule has 0 saturated carbocycles. The molecule has 1 aliphatic heterocycles. The number of morpholine rings is 1. The molecular formula is C24H34N8O6. The third-order valence-electron chi connectivity index (χ3n) is 5.01. The summed E-state index contributed by atoms with van der Waals surface area (Å²) in [6.07, 6.45) is 2.06. The number of hydrogen-bond donors (Lipinski definition) is 7. The number of benzene rings is 1. The van der Waals surface area contributed by atoms with E-state index in [0.29, 0.717) is 29.0 Å². The zero-order chi connectivity index (χ0) is 28.2. The van der Waals surface area contributed by atoms with Gasteiger partial charge >= 0.3 is 0 Å². The zero-order valence-corrected chi connectivity index (χ0v) is 21.4. The number of aliphatic hydroxyl groups is 1. The van der Waals surface area contributed by atoms with Crippen molar-refractivity contribution in [1.82, 2.24) is 15.4 Å². The van der Waals surface area contributed by atoms with Crippen molar-refractivity contribution >= 4 is 40.1 Å². The molecule has 0 bridgehead atoms. The second kappa shape index (κ2) is 14.2. The number of ether oxygens (including phenoxy) is 2. The molecule has 10 N–H and O–H groups in total. The van der Waals surface area contributed by atoms with E-state index in [-0.39, 0.29) is 30.7 Å². The lowest BCUT2D eigenvalue weighted by atomic mass is 10.1. The lowest BCUT2D eigenvalue weighted by Crippen LogP contribution is -2.56. The van der Waals surface area contributed by atoms with Gasteiger partial charge in [0.25, 0.3) is 11.8 Å². The van der Waals surface area contributed by atoms with Gasteiger partial charge in [-0.1, -0.05) is 19.0 Å². The average molecular weight is 531 g/mol. The zero-order valence-electron chi connectivity index (χ0n) is 21.4. The predicted molar refractivity (Wildman–Crippen MR) is 142 cm³/mol. The maximum atomic E-state index is 12.9. The number of allylic oxidation sites excluding steroid dienone is 1. The van der Waals surface area contributed by atoms with Gasteiger partial charge in [-0.05, 0) is 25.1 Å². The number of rotatable bonds is 9. The van der Waals surface area contributed by atoms with Crippen LogP contribution in [-0.4, -0.2) is 64.8 Å². The number of fused-ring (bicyclic) bond motifs is 1. The molecule has 14 heteroatoms. The number of amidine groups is 1. The summed E-state index contributed by atoms with van der Waals surface area (Å²) >= 11 is 0. The fourth-order valence-corrected chi connectivity index (χ4v) is 3.27. The van der Waals surface area contributed by atoms with E-state index in [4.69, 9.17) is 36.6 Å². The van der Waals surface area contributed by atoms with Gasteiger partial charge in [-0.15, -0.1) is 0 Å². The molecule has 1 aromatic carbocycles. The summed E-state index contributed by atoms with van der Waals surface area (Å²) in [4.78, 5) is 26.5. The fourth-order valence-electron chi connectivity index (χ4n) is 3.27. The van der Waals surface area contributed by atoms with Crippen LogP contribution in [0, 0.1) is 5.41 Å². The highest BCUT2D eigenvalue weighted by Crippen LogP contribution is 2.24. The number of nitrogens with one attached hydrogen (secondary N) is 3. The number of hydrogen-bond acceptors (Lipinski definition) is 12. The number of carbonyl (C=O) groups excluding carboxylic acids is 2. The normalized spacial score (nSPS) is 17.1. The Balaban J connectivity index is 0.00000247. The second-order valence-electron chi connectivity index (χ2n) is 7.46. The van der Waals surface area contributed by atoms with Gasteiger partial charge in [0.1, 0.15) is 5.84 Å². The Morgan fingerprint density at radius 2 is 2.16 bits per heavy atom. The van der Waals surface area contributed by atoms with Crippen LogP contribution in [0.2, 0.25) is 0 Å². The van der Waals surface area contributed by atoms with E-state index in [1.54, 1.807) is 19.1 Å². The SMILES string of the molecule is CC.CCO/C(N)=C/C(=C\N)N/C=C\C(=N)N1CCOC(C(O)C(=O)Nc2ccc3c(N)noc3c2)C1=O. The third-order valence-corrected chi connectivity index (χ3v) is 5.01. The van der Waals surface area contributed by atoms with Crippen LogP contribution in [0.1, 0.15) is 20.8 Å². The lowest BCUT2D eigenvalue weighted by molar-refractivity contribution is -0.161. The Morgan fingerprint density at radius 1 is 1.42 bits per heavy atom. The molecule has 38 heavy (non-hydrogen) atoms. The first-order valence-corrected chi connectivity index (χ1v) is 11.9. The molecule has 1 fully saturated rings. The van der Waals surface area contributed by atoms with Crippen LogP contribution in [0.4, 0.5) is 11.5 Å². The molecule has 1 aliphatic rings. The van der Waals surface area contributed by atoms with E-state index >= 15 is 0 Å². The van der Waals surface area contributed by atoms with Crippen molar-refractivity contribution in [2.24, 2.45) is 11.5 Å². The van der Waals surface area contributed by atoms with E-state index in [9.17, 15) is 14.7 Å². The second-order valence-corrected chi connectivity index (χ2v) is 7.46. The predicted octanol–water partition coefficient (Wildman–Crippen LogP) is 0.680. The van der Waals surface area contributed by atoms with Gasteiger partial charge in [0.15, 0.2) is 29.5 Å². The van der Waals surface area contributed by atoms with Crippen molar-refractivity contribution in [3.8, 4) is 0 Å². The topological polar surface area (TPSA) is 228 Å². The molecule has 2 atom stereocenters. The van der Waals surface area contributed by atoms with Gasteiger partial charge in [-0.3, -0.25) is 19.9 Å². The first-order chi connectivity index (χ1) is 18.2. The van der Waals surface area contributed by atoms with Crippen LogP contribution < -0.4 is 27.8 Å². The van der Waals surface area contributed by atoms with Gasteiger partial charge in [-0.2, -0.15) is 0 Å². The third kappa shape index (κ3) is 7.47. The summed E-state index contributed by atoms with van der Waals surface area (Å²) in [5.41, 5.74) is 17.9. The quantitative estimate of drug-likeness (QED) is 0.103. The number of anilines is 2. The molecule has 1 saturated heterocycles. The maximum absolute atomic E-state index is 12.9. The number of aromatic nitrogens is 1. The summed E-state index contributed by atoms with van der Waals surface area (Å²) in [5, 5.41) is 28.2. The fraction of sp³-hybridized carbons (Fsp3) is 0.333. The number of nitrogens with zero attached hydrogens (tertiary/aromatic N) is 2. The highest BCUT2D eigenvalue weighted by Gasteiger charge is 2.39. The van der Waals surface area contributed by atoms with Crippen molar-refractivity contribution in [2.75, 3.05) is 30.8 Å². The molecule has 14 nitrogen and oxygen atoms in total. The highest BCUT2D eigenvalue weighted by molar-refractivity contribution is 6.07. The number of carbonyl (C=O) groups is 2. The van der Waals surface area contributed by atoms with Crippen LogP contribution in [0.15, 0.2) is 58.9 Å². The van der Waals surface area contributed by atoms with Gasteiger partial charge < -0.3 is 46.9 Å². The molecule has 0 spiro atoms. The molecule has 206 valence electrons. The largest absolute Gasteiger partial charge is 0.480 e. The summed E-state index contributed by atoms with van der Waals surface area (Å²) in [6, 6.07) is 4.63. The molecule has 3 rings (SSSR count). The standard InChI is InChI=1S/C22H28N8O6.C2H6/c1-2-34-17(25)10-13(11-23)27-6-5-16(24)30-7-8-35-19(22(30)33)18(31)21(32)28-12-3-4-14-15(9-12)36-29-20(14)26;1-2/h3-6,9-11,18-19,24,27,31H,2,7-8,23,25H2,1H3,(H2,26,29)(H,28,32);1-2H3/b6-5-,13-11+,17-10+,24-16?;. The van der Waals surface area contributed by atoms with Crippen LogP contribution in [-0.2, 0) is 19.1 Å². The van der Waals surface area contributed by atoms with E-state index in [0.717, 1.165) is 4.90 Å². The molecule has 0 aliphatic carbocycles. The molecular weight excluding hydrogens is 496 g/mol. The van der Waals surface area contributed by atoms with Crippen LogP contribution in [0.3, 0.4) is 0 Å². The summed E-state index contributed by atoms with van der Waals surface area (Å²) in [6.45, 7) is 6.24. The average Bonchev–Trinajstić information content (AvgIpc) is 3.28. The summed E-state index contributed by atoms with van der Waals surface area (Å²) in [7, 11) is 0. The Morgan fingerprint density at radius 3 is 2.84 bits per heavy atom. The molecule has 2 aromatic rings. The van der Waals surface area contributed by atoms with Crippen molar-refractivity contribution in [1.29, 1.82) is 5.41 Å². The minimum Gasteiger partial charge on any atom is -0.480 e. The van der Waals surface area contributed by atoms with Gasteiger partial charge in [-0.25, -0.2) is 0 Å². The molecule has 0 radical (unpaired) electrons. The Labute approximate surface area is 219 Å². The molecule has 2 amide bonds. The number of nitrogens with two attached hydrogens (primary N) is 3. The lowest BCUT2D eigenvalue weighted by Gasteiger charge is -2.33. The smallest absolute Gasteiger partial charge is 0.260 e. The van der Waals surface area contributed by atoms with Crippen molar-refractivity contribution < 1.29 is 28.7 Å². The number of amides is 2. The van der Waals surface area contributed by atoms with Gasteiger partial charge in [0.2, 0.25) is 0 Å². The monoisotopic (exact) mass is 530 g/mol. The van der Waals surface area contributed by atoms with E-state index in [2.05, 4.69) is 15.8 Å². The Bertz CT molecular complexity index is 1220. The van der Waals surface area contributed by atoms with E-state index < -0.39 is 24.0 Å². The Hall–Kier alpha value is -4.56. The van der Waals surface area contributed by atoms with Crippen molar-refractivity contribution in [3.63, 3.8) is 0 Å². The van der Waals surface area contributed by atoms with Gasteiger partial charge in [0, 0.05) is 30.2 Å². The number of nitrogen functional groups attached to an aromatic ring is 1. The van der Waals surface area contributed by atoms with E-state index in [1.165, 1.54) is 30.6 Å².